The average molecular weight is 522 g/mol. The zero-order chi connectivity index (χ0) is 26.7. The molecule has 1 aliphatic rings. The van der Waals surface area contributed by atoms with E-state index in [0.717, 1.165) is 11.0 Å². The number of carboxylic acids is 2. The highest BCUT2D eigenvalue weighted by Gasteiger charge is 2.38. The standard InChI is InChI=1S/C17H15F3N6O3.C2HF3O2/c18-17(19,20)8-26-16(22-9-23-26)12-7-25-3-4-29-13-5-10(21-6-14(27)28)1-2-11(13)15(25)24-12;3-2(4,5)1(6)7/h1-2,5,7,9,21H,3-4,6,8H2,(H,27,28);(H,6,7). The van der Waals surface area contributed by atoms with Gasteiger partial charge in [0.2, 0.25) is 0 Å². The highest BCUT2D eigenvalue weighted by atomic mass is 19.4. The summed E-state index contributed by atoms with van der Waals surface area (Å²) in [6, 6.07) is 5.06. The SMILES string of the molecule is O=C(O)C(F)(F)F.O=C(O)CNc1ccc2c(c1)OCCn1cc(-c3ncnn3CC(F)(F)F)nc1-2. The van der Waals surface area contributed by atoms with Gasteiger partial charge in [-0.15, -0.1) is 0 Å². The molecule has 11 nitrogen and oxygen atoms in total. The molecule has 3 heterocycles. The molecule has 0 atom stereocenters. The van der Waals surface area contributed by atoms with Gasteiger partial charge in [-0.05, 0) is 12.1 Å². The fraction of sp³-hybridized carbons (Fsp3) is 0.316. The molecule has 17 heteroatoms. The van der Waals surface area contributed by atoms with Crippen LogP contribution in [0.15, 0.2) is 30.7 Å². The summed E-state index contributed by atoms with van der Waals surface area (Å²) in [6.07, 6.45) is -6.84. The Morgan fingerprint density at radius 3 is 2.42 bits per heavy atom. The molecule has 0 aliphatic carbocycles. The van der Waals surface area contributed by atoms with E-state index in [9.17, 15) is 31.1 Å². The van der Waals surface area contributed by atoms with Crippen molar-refractivity contribution >= 4 is 17.6 Å². The quantitative estimate of drug-likeness (QED) is 0.431. The second kappa shape index (κ2) is 10.1. The Bertz CT molecular complexity index is 1250. The summed E-state index contributed by atoms with van der Waals surface area (Å²) in [5.74, 6) is -2.73. The number of hydrogen-bond acceptors (Lipinski definition) is 7. The maximum atomic E-state index is 12.8. The molecular formula is C19H16F6N6O5. The molecule has 3 aromatic rings. The van der Waals surface area contributed by atoms with Gasteiger partial charge in [-0.1, -0.05) is 0 Å². The van der Waals surface area contributed by atoms with E-state index in [4.69, 9.17) is 19.7 Å². The smallest absolute Gasteiger partial charge is 0.490 e. The number of alkyl halides is 6. The first-order chi connectivity index (χ1) is 16.7. The average Bonchev–Trinajstić information content (AvgIpc) is 3.34. The van der Waals surface area contributed by atoms with Crippen LogP contribution in [0.2, 0.25) is 0 Å². The van der Waals surface area contributed by atoms with Gasteiger partial charge in [-0.2, -0.15) is 31.4 Å². The zero-order valence-corrected chi connectivity index (χ0v) is 17.8. The Balaban J connectivity index is 0.000000454. The number of aliphatic carboxylic acids is 2. The lowest BCUT2D eigenvalue weighted by molar-refractivity contribution is -0.192. The minimum Gasteiger partial charge on any atom is -0.491 e. The summed E-state index contributed by atoms with van der Waals surface area (Å²) in [6.45, 7) is -0.759. The van der Waals surface area contributed by atoms with Gasteiger partial charge in [0.15, 0.2) is 5.82 Å². The fourth-order valence-electron chi connectivity index (χ4n) is 3.03. The Hall–Kier alpha value is -4.31. The van der Waals surface area contributed by atoms with E-state index in [1.165, 1.54) is 0 Å². The van der Waals surface area contributed by atoms with Crippen LogP contribution in [0.25, 0.3) is 22.9 Å². The van der Waals surface area contributed by atoms with Crippen LogP contribution >= 0.6 is 0 Å². The lowest BCUT2D eigenvalue weighted by Gasteiger charge is -2.10. The van der Waals surface area contributed by atoms with Crippen molar-refractivity contribution in [3.63, 3.8) is 0 Å². The topological polar surface area (TPSA) is 144 Å². The van der Waals surface area contributed by atoms with Gasteiger partial charge in [-0.3, -0.25) is 4.79 Å². The summed E-state index contributed by atoms with van der Waals surface area (Å²) in [5.41, 5.74) is 1.47. The fourth-order valence-corrected chi connectivity index (χ4v) is 3.03. The van der Waals surface area contributed by atoms with E-state index in [-0.39, 0.29) is 18.1 Å². The van der Waals surface area contributed by atoms with Gasteiger partial charge in [0.25, 0.3) is 0 Å². The van der Waals surface area contributed by atoms with Crippen LogP contribution < -0.4 is 10.1 Å². The number of halogens is 6. The number of carbonyl (C=O) groups is 2. The third-order valence-corrected chi connectivity index (χ3v) is 4.45. The first kappa shape index (κ1) is 26.3. The third kappa shape index (κ3) is 6.63. The minimum atomic E-state index is -5.08. The monoisotopic (exact) mass is 522 g/mol. The van der Waals surface area contributed by atoms with E-state index < -0.39 is 30.8 Å². The normalized spacial score (nSPS) is 12.8. The zero-order valence-electron chi connectivity index (χ0n) is 17.8. The molecule has 0 saturated heterocycles. The van der Waals surface area contributed by atoms with Crippen LogP contribution in [0.4, 0.5) is 32.0 Å². The highest BCUT2D eigenvalue weighted by Crippen LogP contribution is 2.35. The van der Waals surface area contributed by atoms with Gasteiger partial charge in [0, 0.05) is 18.0 Å². The number of ether oxygens (including phenoxy) is 1. The first-order valence-corrected chi connectivity index (χ1v) is 9.79. The van der Waals surface area contributed by atoms with Gasteiger partial charge >= 0.3 is 24.3 Å². The van der Waals surface area contributed by atoms with Gasteiger partial charge in [0.05, 0.1) is 12.1 Å². The van der Waals surface area contributed by atoms with Crippen molar-refractivity contribution in [1.29, 1.82) is 0 Å². The maximum Gasteiger partial charge on any atom is 0.490 e. The van der Waals surface area contributed by atoms with Crippen LogP contribution in [0.3, 0.4) is 0 Å². The van der Waals surface area contributed by atoms with Gasteiger partial charge in [0.1, 0.15) is 43.3 Å². The van der Waals surface area contributed by atoms with Crippen LogP contribution in [0.5, 0.6) is 5.75 Å². The number of imidazole rings is 1. The number of hydrogen-bond donors (Lipinski definition) is 3. The van der Waals surface area contributed by atoms with Crippen LogP contribution in [-0.2, 0) is 22.7 Å². The second-order valence-corrected chi connectivity index (χ2v) is 7.11. The molecule has 0 unspecified atom stereocenters. The molecule has 36 heavy (non-hydrogen) atoms. The molecule has 0 amide bonds. The van der Waals surface area contributed by atoms with Crippen LogP contribution in [0.1, 0.15) is 0 Å². The summed E-state index contributed by atoms with van der Waals surface area (Å²) >= 11 is 0. The van der Waals surface area contributed by atoms with E-state index in [1.54, 1.807) is 29.0 Å². The van der Waals surface area contributed by atoms with Crippen LogP contribution in [0, 0.1) is 0 Å². The largest absolute Gasteiger partial charge is 0.491 e. The predicted octanol–water partition coefficient (Wildman–Crippen LogP) is 2.89. The lowest BCUT2D eigenvalue weighted by atomic mass is 10.1. The van der Waals surface area contributed by atoms with Gasteiger partial charge < -0.3 is 24.8 Å². The molecule has 194 valence electrons. The maximum absolute atomic E-state index is 12.8. The van der Waals surface area contributed by atoms with E-state index in [1.807, 2.05) is 0 Å². The molecule has 0 saturated carbocycles. The highest BCUT2D eigenvalue weighted by molar-refractivity contribution is 5.75. The Kier molecular flexibility index (Phi) is 7.40. The Morgan fingerprint density at radius 1 is 1.11 bits per heavy atom. The van der Waals surface area contributed by atoms with E-state index >= 15 is 0 Å². The van der Waals surface area contributed by atoms with Crippen molar-refractivity contribution in [2.75, 3.05) is 18.5 Å². The molecular weight excluding hydrogens is 506 g/mol. The second-order valence-electron chi connectivity index (χ2n) is 7.11. The van der Waals surface area contributed by atoms with Crippen molar-refractivity contribution in [2.45, 2.75) is 25.4 Å². The molecule has 1 aliphatic heterocycles. The molecule has 3 N–H and O–H groups in total. The Morgan fingerprint density at radius 2 is 1.81 bits per heavy atom. The number of carboxylic acid groups (broad SMARTS) is 2. The summed E-state index contributed by atoms with van der Waals surface area (Å²) in [4.78, 5) is 28.0. The Labute approximate surface area is 196 Å². The summed E-state index contributed by atoms with van der Waals surface area (Å²) < 4.78 is 78.3. The molecule has 2 aromatic heterocycles. The molecule has 0 radical (unpaired) electrons. The summed E-state index contributed by atoms with van der Waals surface area (Å²) in [7, 11) is 0. The van der Waals surface area contributed by atoms with Crippen molar-refractivity contribution in [3.05, 3.63) is 30.7 Å². The minimum absolute atomic E-state index is 0.0186. The third-order valence-electron chi connectivity index (χ3n) is 4.45. The van der Waals surface area contributed by atoms with E-state index in [2.05, 4.69) is 20.4 Å². The molecule has 0 bridgehead atoms. The first-order valence-electron chi connectivity index (χ1n) is 9.79. The molecule has 4 rings (SSSR count). The number of fused-ring (bicyclic) bond motifs is 3. The number of benzene rings is 1. The van der Waals surface area contributed by atoms with Crippen molar-refractivity contribution in [1.82, 2.24) is 24.3 Å². The number of aromatic nitrogens is 5. The predicted molar refractivity (Wildman–Crippen MR) is 108 cm³/mol. The number of rotatable bonds is 5. The number of anilines is 1. The summed E-state index contributed by atoms with van der Waals surface area (Å²) in [5, 5.41) is 22.3. The molecule has 1 aromatic carbocycles. The van der Waals surface area contributed by atoms with E-state index in [0.29, 0.717) is 36.0 Å². The van der Waals surface area contributed by atoms with Crippen molar-refractivity contribution in [2.24, 2.45) is 0 Å². The van der Waals surface area contributed by atoms with Crippen molar-refractivity contribution < 1.29 is 50.9 Å². The lowest BCUT2D eigenvalue weighted by Crippen LogP contribution is -2.21. The number of nitrogens with one attached hydrogen (secondary N) is 1. The van der Waals surface area contributed by atoms with Crippen LogP contribution in [-0.4, -0.2) is 72.0 Å². The molecule has 0 spiro atoms. The number of nitrogens with zero attached hydrogens (tertiary/aromatic N) is 5. The van der Waals surface area contributed by atoms with Gasteiger partial charge in [-0.25, -0.2) is 19.4 Å². The van der Waals surface area contributed by atoms with Crippen molar-refractivity contribution in [3.8, 4) is 28.7 Å². The molecule has 0 fully saturated rings.